The third kappa shape index (κ3) is 2.29. The van der Waals surface area contributed by atoms with Gasteiger partial charge in [0.1, 0.15) is 5.82 Å². The zero-order valence-electron chi connectivity index (χ0n) is 13.9. The molecule has 3 heterocycles. The maximum Gasteiger partial charge on any atom is 0.259 e. The second-order valence-electron chi connectivity index (χ2n) is 6.73. The summed E-state index contributed by atoms with van der Waals surface area (Å²) in [4.78, 5) is 19.3. The van der Waals surface area contributed by atoms with E-state index in [-0.39, 0.29) is 11.4 Å². The number of halogens is 1. The van der Waals surface area contributed by atoms with E-state index >= 15 is 0 Å². The van der Waals surface area contributed by atoms with Crippen LogP contribution in [0.2, 0.25) is 5.02 Å². The summed E-state index contributed by atoms with van der Waals surface area (Å²) >= 11 is 6.18. The molecule has 1 aliphatic heterocycles. The summed E-state index contributed by atoms with van der Waals surface area (Å²) in [5, 5.41) is 10.7. The van der Waals surface area contributed by atoms with Gasteiger partial charge in [0.05, 0.1) is 17.4 Å². The minimum absolute atomic E-state index is 0.0216. The Labute approximate surface area is 155 Å². The predicted octanol–water partition coefficient (Wildman–Crippen LogP) is 3.72. The van der Waals surface area contributed by atoms with Crippen LogP contribution in [0, 0.1) is 0 Å². The van der Waals surface area contributed by atoms with Crippen LogP contribution in [0.25, 0.3) is 0 Å². The number of nitrogens with zero attached hydrogens (tertiary/aromatic N) is 3. The van der Waals surface area contributed by atoms with Crippen molar-refractivity contribution in [2.24, 2.45) is 0 Å². The van der Waals surface area contributed by atoms with Crippen molar-refractivity contribution in [1.29, 1.82) is 0 Å². The molecule has 7 heteroatoms. The molecule has 0 unspecified atom stereocenters. The van der Waals surface area contributed by atoms with Gasteiger partial charge in [0, 0.05) is 29.5 Å². The highest BCUT2D eigenvalue weighted by atomic mass is 35.5. The molecule has 6 nitrogen and oxygen atoms in total. The van der Waals surface area contributed by atoms with Crippen molar-refractivity contribution >= 4 is 29.0 Å². The lowest BCUT2D eigenvalue weighted by atomic mass is 10.0. The average molecular weight is 366 g/mol. The summed E-state index contributed by atoms with van der Waals surface area (Å²) in [6.07, 6.45) is 7.21. The molecular formula is C19H16ClN5O. The summed E-state index contributed by atoms with van der Waals surface area (Å²) in [6, 6.07) is 9.41. The first-order valence-corrected chi connectivity index (χ1v) is 8.87. The average Bonchev–Trinajstić information content (AvgIpc) is 3.18. The lowest BCUT2D eigenvalue weighted by Crippen LogP contribution is -2.33. The molecule has 3 aromatic rings. The van der Waals surface area contributed by atoms with E-state index in [9.17, 15) is 4.79 Å². The Morgan fingerprint density at radius 3 is 2.88 bits per heavy atom. The van der Waals surface area contributed by atoms with Gasteiger partial charge in [0.2, 0.25) is 0 Å². The smallest absolute Gasteiger partial charge is 0.259 e. The highest BCUT2D eigenvalue weighted by Gasteiger charge is 2.58. The van der Waals surface area contributed by atoms with E-state index < -0.39 is 0 Å². The number of hydrogen-bond acceptors (Lipinski definition) is 4. The van der Waals surface area contributed by atoms with Crippen LogP contribution in [0.1, 0.15) is 34.3 Å². The molecule has 1 fully saturated rings. The molecule has 1 aliphatic carbocycles. The number of H-pyrrole nitrogens is 1. The van der Waals surface area contributed by atoms with E-state index in [1.807, 2.05) is 29.2 Å². The van der Waals surface area contributed by atoms with Crippen LogP contribution >= 0.6 is 11.6 Å². The first-order chi connectivity index (χ1) is 12.7. The second kappa shape index (κ2) is 5.57. The van der Waals surface area contributed by atoms with E-state index in [0.29, 0.717) is 11.6 Å². The lowest BCUT2D eigenvalue weighted by Gasteiger charge is -2.25. The number of nitrogens with one attached hydrogen (secondary N) is 2. The molecule has 1 saturated carbocycles. The molecule has 0 bridgehead atoms. The van der Waals surface area contributed by atoms with Gasteiger partial charge in [-0.2, -0.15) is 5.10 Å². The monoisotopic (exact) mass is 365 g/mol. The van der Waals surface area contributed by atoms with Gasteiger partial charge in [0.25, 0.3) is 5.91 Å². The van der Waals surface area contributed by atoms with E-state index in [4.69, 9.17) is 11.6 Å². The van der Waals surface area contributed by atoms with Gasteiger partial charge in [0.15, 0.2) is 0 Å². The Balaban J connectivity index is 1.47. The van der Waals surface area contributed by atoms with Crippen LogP contribution in [-0.4, -0.2) is 21.1 Å². The molecule has 1 aromatic carbocycles. The molecule has 0 atom stereocenters. The van der Waals surface area contributed by atoms with Crippen LogP contribution in [-0.2, 0) is 12.1 Å². The molecule has 0 saturated heterocycles. The SMILES string of the molecule is O=C1c2ccc(Cl)cc2C2(CC2)N1c1cncc(CNc2cc[nH]n2)c1. The molecule has 130 valence electrons. The number of hydrogen-bond donors (Lipinski definition) is 2. The third-order valence-corrected chi connectivity index (χ3v) is 5.32. The zero-order chi connectivity index (χ0) is 17.7. The quantitative estimate of drug-likeness (QED) is 0.739. The van der Waals surface area contributed by atoms with Crippen molar-refractivity contribution < 1.29 is 4.79 Å². The van der Waals surface area contributed by atoms with E-state index in [2.05, 4.69) is 20.5 Å². The number of amides is 1. The van der Waals surface area contributed by atoms with Crippen LogP contribution in [0.5, 0.6) is 0 Å². The highest BCUT2D eigenvalue weighted by Crippen LogP contribution is 2.58. The molecular weight excluding hydrogens is 350 g/mol. The molecule has 2 aromatic heterocycles. The summed E-state index contributed by atoms with van der Waals surface area (Å²) in [7, 11) is 0. The van der Waals surface area contributed by atoms with E-state index in [1.54, 1.807) is 24.7 Å². The highest BCUT2D eigenvalue weighted by molar-refractivity contribution is 6.31. The molecule has 1 spiro atoms. The lowest BCUT2D eigenvalue weighted by molar-refractivity contribution is 0.0989. The van der Waals surface area contributed by atoms with Gasteiger partial charge in [-0.15, -0.1) is 0 Å². The maximum absolute atomic E-state index is 13.0. The number of aromatic nitrogens is 3. The first-order valence-electron chi connectivity index (χ1n) is 8.50. The molecule has 2 N–H and O–H groups in total. The minimum Gasteiger partial charge on any atom is -0.364 e. The van der Waals surface area contributed by atoms with Gasteiger partial charge >= 0.3 is 0 Å². The van der Waals surface area contributed by atoms with Crippen molar-refractivity contribution in [3.05, 3.63) is 70.6 Å². The van der Waals surface area contributed by atoms with E-state index in [1.165, 1.54) is 0 Å². The minimum atomic E-state index is -0.257. The Morgan fingerprint density at radius 2 is 2.12 bits per heavy atom. The number of aromatic amines is 1. The predicted molar refractivity (Wildman–Crippen MR) is 99.3 cm³/mol. The fourth-order valence-corrected chi connectivity index (χ4v) is 3.92. The van der Waals surface area contributed by atoms with Crippen LogP contribution in [0.4, 0.5) is 11.5 Å². The van der Waals surface area contributed by atoms with Crippen LogP contribution in [0.15, 0.2) is 48.9 Å². The Kier molecular flexibility index (Phi) is 3.30. The number of carbonyl (C=O) groups is 1. The van der Waals surface area contributed by atoms with Gasteiger partial charge in [-0.25, -0.2) is 0 Å². The fraction of sp³-hybridized carbons (Fsp3) is 0.211. The molecule has 5 rings (SSSR count). The summed E-state index contributed by atoms with van der Waals surface area (Å²) in [5.41, 5.74) is 3.33. The van der Waals surface area contributed by atoms with Crippen LogP contribution < -0.4 is 10.2 Å². The van der Waals surface area contributed by atoms with Crippen molar-refractivity contribution in [2.45, 2.75) is 24.9 Å². The first kappa shape index (κ1) is 15.4. The van der Waals surface area contributed by atoms with Crippen molar-refractivity contribution in [1.82, 2.24) is 15.2 Å². The summed E-state index contributed by atoms with van der Waals surface area (Å²) < 4.78 is 0. The maximum atomic E-state index is 13.0. The van der Waals surface area contributed by atoms with Crippen molar-refractivity contribution in [3.8, 4) is 0 Å². The molecule has 2 aliphatic rings. The number of pyridine rings is 1. The number of benzene rings is 1. The fourth-order valence-electron chi connectivity index (χ4n) is 3.74. The van der Waals surface area contributed by atoms with E-state index in [0.717, 1.165) is 41.0 Å². The Hall–Kier alpha value is -2.86. The largest absolute Gasteiger partial charge is 0.364 e. The second-order valence-corrected chi connectivity index (χ2v) is 7.16. The zero-order valence-corrected chi connectivity index (χ0v) is 14.6. The third-order valence-electron chi connectivity index (χ3n) is 5.08. The Morgan fingerprint density at radius 1 is 1.23 bits per heavy atom. The molecule has 0 radical (unpaired) electrons. The van der Waals surface area contributed by atoms with Gasteiger partial charge < -0.3 is 5.32 Å². The number of carbonyl (C=O) groups excluding carboxylic acids is 1. The van der Waals surface area contributed by atoms with Crippen molar-refractivity contribution in [3.63, 3.8) is 0 Å². The van der Waals surface area contributed by atoms with Crippen LogP contribution in [0.3, 0.4) is 0 Å². The van der Waals surface area contributed by atoms with Gasteiger partial charge in [-0.1, -0.05) is 11.6 Å². The normalized spacial score (nSPS) is 16.8. The Bertz CT molecular complexity index is 997. The number of fused-ring (bicyclic) bond motifs is 2. The number of rotatable bonds is 4. The number of anilines is 2. The van der Waals surface area contributed by atoms with Gasteiger partial charge in [-0.3, -0.25) is 19.8 Å². The molecule has 1 amide bonds. The standard InChI is InChI=1S/C19H16ClN5O/c20-13-1-2-15-16(8-13)19(4-5-19)25(18(15)26)14-7-12(9-21-11-14)10-22-17-3-6-23-24-17/h1-3,6-9,11H,4-5,10H2,(H2,22,23,24). The van der Waals surface area contributed by atoms with Gasteiger partial charge in [-0.05, 0) is 54.3 Å². The summed E-state index contributed by atoms with van der Waals surface area (Å²) in [6.45, 7) is 0.583. The topological polar surface area (TPSA) is 73.9 Å². The summed E-state index contributed by atoms with van der Waals surface area (Å²) in [5.74, 6) is 0.793. The van der Waals surface area contributed by atoms with Crippen molar-refractivity contribution in [2.75, 3.05) is 10.2 Å². The molecule has 26 heavy (non-hydrogen) atoms.